The molecule has 3 rings (SSSR count). The Morgan fingerprint density at radius 3 is 2.25 bits per heavy atom. The number of alkyl halides is 6. The zero-order valence-electron chi connectivity index (χ0n) is 15.8. The van der Waals surface area contributed by atoms with Crippen LogP contribution in [0.1, 0.15) is 16.7 Å². The van der Waals surface area contributed by atoms with Crippen molar-refractivity contribution >= 4 is 51.4 Å². The third-order valence-corrected chi connectivity index (χ3v) is 5.51. The summed E-state index contributed by atoms with van der Waals surface area (Å²) in [5, 5.41) is 3.96. The number of anilines is 1. The minimum Gasteiger partial charge on any atom is -0.367 e. The molecule has 0 aromatic heterocycles. The van der Waals surface area contributed by atoms with Crippen molar-refractivity contribution in [2.24, 2.45) is 0 Å². The lowest BCUT2D eigenvalue weighted by atomic mass is 9.86. The third kappa shape index (κ3) is 5.27. The highest BCUT2D eigenvalue weighted by molar-refractivity contribution is 6.50. The lowest BCUT2D eigenvalue weighted by molar-refractivity contribution is -0.180. The van der Waals surface area contributed by atoms with Gasteiger partial charge in [-0.25, -0.2) is 0 Å². The molecule has 1 atom stereocenters. The number of carbonyl (C=O) groups excluding carboxylic acids is 1. The fraction of sp³-hybridized carbons (Fsp3) is 0.250. The Balaban J connectivity index is 1.92. The van der Waals surface area contributed by atoms with Crippen LogP contribution in [-0.4, -0.2) is 24.8 Å². The first-order valence-electron chi connectivity index (χ1n) is 8.87. The summed E-state index contributed by atoms with van der Waals surface area (Å²) in [7, 11) is 0. The Morgan fingerprint density at radius 2 is 1.69 bits per heavy atom. The molecular weight excluding hydrogens is 505 g/mol. The van der Waals surface area contributed by atoms with Crippen LogP contribution in [-0.2, 0) is 16.8 Å². The van der Waals surface area contributed by atoms with Crippen molar-refractivity contribution in [3.05, 3.63) is 69.2 Å². The van der Waals surface area contributed by atoms with E-state index in [1.54, 1.807) is 5.32 Å². The van der Waals surface area contributed by atoms with Crippen LogP contribution in [0.25, 0.3) is 5.03 Å². The van der Waals surface area contributed by atoms with Crippen LogP contribution < -0.4 is 10.6 Å². The van der Waals surface area contributed by atoms with Gasteiger partial charge in [0.15, 0.2) is 5.54 Å². The van der Waals surface area contributed by atoms with Crippen LogP contribution in [0.2, 0.25) is 10.0 Å². The van der Waals surface area contributed by atoms with Gasteiger partial charge in [0, 0.05) is 28.2 Å². The van der Waals surface area contributed by atoms with Crippen molar-refractivity contribution in [3.63, 3.8) is 0 Å². The van der Waals surface area contributed by atoms with Crippen LogP contribution in [0.4, 0.5) is 32.0 Å². The number of rotatable bonds is 4. The van der Waals surface area contributed by atoms with Crippen LogP contribution in [0.5, 0.6) is 0 Å². The van der Waals surface area contributed by atoms with Gasteiger partial charge in [0.05, 0.1) is 5.03 Å². The van der Waals surface area contributed by atoms with E-state index in [1.807, 2.05) is 0 Å². The van der Waals surface area contributed by atoms with Crippen LogP contribution in [0, 0.1) is 0 Å². The maximum absolute atomic E-state index is 14.2. The number of halogens is 9. The SMILES string of the molecule is O=C(/C=C(\Cl)c1ccc2c(c1)CC(c1cc(Cl)cc(Cl)c1)(C(F)(F)F)N2)NCC(F)(F)F. The Kier molecular flexibility index (Phi) is 6.66. The van der Waals surface area contributed by atoms with E-state index in [-0.39, 0.29) is 37.5 Å². The second-order valence-electron chi connectivity index (χ2n) is 7.06. The Labute approximate surface area is 193 Å². The lowest BCUT2D eigenvalue weighted by Gasteiger charge is -2.33. The van der Waals surface area contributed by atoms with Crippen molar-refractivity contribution in [2.45, 2.75) is 24.3 Å². The van der Waals surface area contributed by atoms with E-state index in [9.17, 15) is 31.1 Å². The van der Waals surface area contributed by atoms with Crippen molar-refractivity contribution in [1.29, 1.82) is 0 Å². The van der Waals surface area contributed by atoms with Gasteiger partial charge in [0.25, 0.3) is 0 Å². The highest BCUT2D eigenvalue weighted by Crippen LogP contribution is 2.50. The largest absolute Gasteiger partial charge is 0.416 e. The molecule has 2 aromatic rings. The number of benzene rings is 2. The zero-order valence-corrected chi connectivity index (χ0v) is 18.0. The maximum atomic E-state index is 14.2. The van der Waals surface area contributed by atoms with Gasteiger partial charge in [-0.05, 0) is 47.0 Å². The summed E-state index contributed by atoms with van der Waals surface area (Å²) in [6.45, 7) is -1.54. The monoisotopic (exact) mass is 516 g/mol. The van der Waals surface area contributed by atoms with Gasteiger partial charge >= 0.3 is 12.4 Å². The molecule has 0 aliphatic carbocycles. The van der Waals surface area contributed by atoms with Crippen LogP contribution in [0.15, 0.2) is 42.5 Å². The van der Waals surface area contributed by atoms with E-state index in [0.29, 0.717) is 0 Å². The normalized spacial score (nSPS) is 18.8. The van der Waals surface area contributed by atoms with E-state index >= 15 is 0 Å². The number of hydrogen-bond donors (Lipinski definition) is 2. The molecule has 0 saturated heterocycles. The molecule has 3 nitrogen and oxygen atoms in total. The molecule has 1 aliphatic rings. The molecule has 0 spiro atoms. The number of hydrogen-bond acceptors (Lipinski definition) is 2. The molecule has 1 unspecified atom stereocenters. The molecule has 0 fully saturated rings. The summed E-state index contributed by atoms with van der Waals surface area (Å²) in [5.41, 5.74) is -2.13. The predicted octanol–water partition coefficient (Wildman–Crippen LogP) is 6.68. The van der Waals surface area contributed by atoms with Gasteiger partial charge in [-0.3, -0.25) is 4.79 Å². The highest BCUT2D eigenvalue weighted by atomic mass is 35.5. The van der Waals surface area contributed by atoms with Crippen molar-refractivity contribution in [3.8, 4) is 0 Å². The van der Waals surface area contributed by atoms with E-state index in [0.717, 1.165) is 6.08 Å². The summed E-state index contributed by atoms with van der Waals surface area (Å²) in [4.78, 5) is 11.6. The fourth-order valence-electron chi connectivity index (χ4n) is 3.32. The molecule has 1 heterocycles. The molecule has 172 valence electrons. The molecule has 1 aliphatic heterocycles. The first kappa shape index (κ1) is 24.5. The van der Waals surface area contributed by atoms with Gasteiger partial charge in [0.1, 0.15) is 6.54 Å². The number of amides is 1. The van der Waals surface area contributed by atoms with Crippen molar-refractivity contribution in [2.75, 3.05) is 11.9 Å². The zero-order chi connectivity index (χ0) is 23.9. The van der Waals surface area contributed by atoms with E-state index < -0.39 is 36.8 Å². The van der Waals surface area contributed by atoms with E-state index in [4.69, 9.17) is 34.8 Å². The van der Waals surface area contributed by atoms with E-state index in [1.165, 1.54) is 36.4 Å². The summed E-state index contributed by atoms with van der Waals surface area (Å²) in [5.74, 6) is -1.09. The number of fused-ring (bicyclic) bond motifs is 1. The Bertz CT molecular complexity index is 1060. The molecule has 32 heavy (non-hydrogen) atoms. The average molecular weight is 518 g/mol. The standard InChI is InChI=1S/C20H13Cl3F6N2O/c21-13-4-12(5-14(22)6-13)18(20(27,28)29)8-11-3-10(1-2-16(11)31-18)15(23)7-17(32)30-9-19(24,25)26/h1-7,31H,8-9H2,(H,30,32)/b15-7-. The first-order chi connectivity index (χ1) is 14.7. The number of nitrogens with one attached hydrogen (secondary N) is 2. The molecule has 2 aromatic carbocycles. The fourth-order valence-corrected chi connectivity index (χ4v) is 4.06. The van der Waals surface area contributed by atoms with Gasteiger partial charge in [-0.2, -0.15) is 26.3 Å². The molecule has 2 N–H and O–H groups in total. The van der Waals surface area contributed by atoms with Gasteiger partial charge in [-0.15, -0.1) is 0 Å². The Hall–Kier alpha value is -2.10. The van der Waals surface area contributed by atoms with Crippen LogP contribution >= 0.6 is 34.8 Å². The van der Waals surface area contributed by atoms with Gasteiger partial charge in [-0.1, -0.05) is 40.9 Å². The minimum absolute atomic E-state index is 0.0328. The number of carbonyl (C=O) groups is 1. The van der Waals surface area contributed by atoms with Gasteiger partial charge in [0.2, 0.25) is 5.91 Å². The molecule has 0 radical (unpaired) electrons. The second kappa shape index (κ2) is 8.68. The van der Waals surface area contributed by atoms with Crippen molar-refractivity contribution < 1.29 is 31.1 Å². The predicted molar refractivity (Wildman–Crippen MR) is 111 cm³/mol. The second-order valence-corrected chi connectivity index (χ2v) is 8.34. The first-order valence-corrected chi connectivity index (χ1v) is 10.0. The quantitative estimate of drug-likeness (QED) is 0.351. The van der Waals surface area contributed by atoms with Crippen LogP contribution in [0.3, 0.4) is 0 Å². The summed E-state index contributed by atoms with van der Waals surface area (Å²) in [6.07, 6.45) is -9.14. The summed E-state index contributed by atoms with van der Waals surface area (Å²) in [6, 6.07) is 7.66. The average Bonchev–Trinajstić information content (AvgIpc) is 3.05. The maximum Gasteiger partial charge on any atom is 0.416 e. The molecule has 1 amide bonds. The van der Waals surface area contributed by atoms with Crippen molar-refractivity contribution in [1.82, 2.24) is 5.32 Å². The molecule has 12 heteroatoms. The molecule has 0 saturated carbocycles. The summed E-state index contributed by atoms with van der Waals surface area (Å²) < 4.78 is 79.2. The summed E-state index contributed by atoms with van der Waals surface area (Å²) >= 11 is 17.8. The third-order valence-electron chi connectivity index (χ3n) is 4.74. The molecular formula is C20H13Cl3F6N2O. The Morgan fingerprint density at radius 1 is 1.06 bits per heavy atom. The lowest BCUT2D eigenvalue weighted by Crippen LogP contribution is -2.47. The topological polar surface area (TPSA) is 41.1 Å². The van der Waals surface area contributed by atoms with Gasteiger partial charge < -0.3 is 10.6 Å². The van der Waals surface area contributed by atoms with E-state index in [2.05, 4.69) is 5.32 Å². The smallest absolute Gasteiger partial charge is 0.367 e. The highest BCUT2D eigenvalue weighted by Gasteiger charge is 2.59. The molecule has 0 bridgehead atoms. The minimum atomic E-state index is -4.74.